The minimum atomic E-state index is -3.73. The summed E-state index contributed by atoms with van der Waals surface area (Å²) < 4.78 is 36.2. The number of nitrogens with zero attached hydrogens (tertiary/aromatic N) is 5. The molecule has 3 rings (SSSR count). The number of sulfonamides is 1. The average molecular weight is 354 g/mol. The zero-order valence-corrected chi connectivity index (χ0v) is 14.0. The van der Waals surface area contributed by atoms with Gasteiger partial charge in [0.05, 0.1) is 19.9 Å². The van der Waals surface area contributed by atoms with Gasteiger partial charge in [0.15, 0.2) is 5.82 Å². The normalized spacial score (nSPS) is 15.5. The van der Waals surface area contributed by atoms with Crippen molar-refractivity contribution in [3.05, 3.63) is 18.3 Å². The smallest absolute Gasteiger partial charge is 0.321 e. The van der Waals surface area contributed by atoms with Crippen molar-refractivity contribution in [1.82, 2.24) is 24.8 Å². The van der Waals surface area contributed by atoms with E-state index in [2.05, 4.69) is 29.4 Å². The number of piperidine rings is 1. The molecule has 1 N–H and O–H groups in total. The number of hydrogen-bond donors (Lipinski definition) is 1. The summed E-state index contributed by atoms with van der Waals surface area (Å²) in [5.74, 6) is 0.781. The molecular weight excluding hydrogens is 336 g/mol. The summed E-state index contributed by atoms with van der Waals surface area (Å²) in [5, 5.41) is 3.38. The van der Waals surface area contributed by atoms with E-state index in [-0.39, 0.29) is 23.3 Å². The van der Waals surface area contributed by atoms with Gasteiger partial charge in [-0.05, 0) is 19.3 Å². The maximum atomic E-state index is 12.1. The van der Waals surface area contributed by atoms with E-state index in [1.54, 1.807) is 0 Å². The fourth-order valence-electron chi connectivity index (χ4n) is 2.36. The first-order valence-electron chi connectivity index (χ1n) is 7.51. The Morgan fingerprint density at radius 3 is 2.71 bits per heavy atom. The predicted molar refractivity (Wildman–Crippen MR) is 83.0 cm³/mol. The van der Waals surface area contributed by atoms with Crippen LogP contribution in [0.5, 0.6) is 6.01 Å². The Morgan fingerprint density at radius 2 is 2.04 bits per heavy atom. The van der Waals surface area contributed by atoms with E-state index in [1.165, 1.54) is 13.5 Å². The molecule has 2 aromatic heterocycles. The number of rotatable bonds is 6. The van der Waals surface area contributed by atoms with Gasteiger partial charge in [-0.1, -0.05) is 5.16 Å². The van der Waals surface area contributed by atoms with Gasteiger partial charge in [0, 0.05) is 13.1 Å². The van der Waals surface area contributed by atoms with Crippen molar-refractivity contribution in [3.63, 3.8) is 0 Å². The molecule has 0 aromatic carbocycles. The van der Waals surface area contributed by atoms with E-state index >= 15 is 0 Å². The second-order valence-corrected chi connectivity index (χ2v) is 7.04. The van der Waals surface area contributed by atoms with E-state index in [0.717, 1.165) is 38.4 Å². The minimum Gasteiger partial charge on any atom is -0.467 e. The molecule has 10 nitrogen and oxygen atoms in total. The maximum Gasteiger partial charge on any atom is 0.321 e. The topological polar surface area (TPSA) is 123 Å². The third kappa shape index (κ3) is 3.79. The molecule has 0 spiro atoms. The molecule has 0 aliphatic carbocycles. The van der Waals surface area contributed by atoms with Crippen LogP contribution < -0.4 is 14.4 Å². The van der Waals surface area contributed by atoms with Gasteiger partial charge in [-0.15, -0.1) is 0 Å². The lowest BCUT2D eigenvalue weighted by Gasteiger charge is -2.26. The number of ether oxygens (including phenoxy) is 1. The Bertz CT molecular complexity index is 774. The third-order valence-electron chi connectivity index (χ3n) is 3.61. The summed E-state index contributed by atoms with van der Waals surface area (Å²) in [5.41, 5.74) is 0. The van der Waals surface area contributed by atoms with Crippen molar-refractivity contribution in [2.24, 2.45) is 0 Å². The molecule has 1 fully saturated rings. The Kier molecular flexibility index (Phi) is 4.90. The number of methoxy groups -OCH3 is 1. The van der Waals surface area contributed by atoms with Crippen LogP contribution in [-0.2, 0) is 16.6 Å². The maximum absolute atomic E-state index is 12.1. The lowest BCUT2D eigenvalue weighted by atomic mass is 10.1. The standard InChI is InChI=1S/C13H18N6O4S/c1-22-13-17-11(8-15-24(20,21)10-7-14-23-9-10)16-12(18-13)19-5-3-2-4-6-19/h7,9,15H,2-6,8H2,1H3. The highest BCUT2D eigenvalue weighted by Crippen LogP contribution is 2.18. The molecule has 1 saturated heterocycles. The molecule has 0 atom stereocenters. The van der Waals surface area contributed by atoms with Crippen molar-refractivity contribution in [2.45, 2.75) is 30.7 Å². The molecule has 11 heteroatoms. The first kappa shape index (κ1) is 16.6. The molecule has 1 aliphatic heterocycles. The van der Waals surface area contributed by atoms with Crippen LogP contribution in [0, 0.1) is 0 Å². The molecule has 0 bridgehead atoms. The number of nitrogens with one attached hydrogen (secondary N) is 1. The van der Waals surface area contributed by atoms with Gasteiger partial charge in [-0.2, -0.15) is 15.0 Å². The first-order valence-corrected chi connectivity index (χ1v) is 9.00. The Balaban J connectivity index is 1.77. The molecule has 0 unspecified atom stereocenters. The van der Waals surface area contributed by atoms with Gasteiger partial charge in [-0.25, -0.2) is 13.1 Å². The second-order valence-electron chi connectivity index (χ2n) is 5.27. The number of anilines is 1. The van der Waals surface area contributed by atoms with E-state index in [1.807, 2.05) is 4.90 Å². The van der Waals surface area contributed by atoms with Crippen LogP contribution in [0.15, 0.2) is 21.9 Å². The molecule has 3 heterocycles. The summed E-state index contributed by atoms with van der Waals surface area (Å²) in [4.78, 5) is 14.7. The van der Waals surface area contributed by atoms with Crippen LogP contribution in [0.25, 0.3) is 0 Å². The number of hydrogen-bond acceptors (Lipinski definition) is 9. The molecule has 0 saturated carbocycles. The van der Waals surface area contributed by atoms with Crippen LogP contribution in [0.4, 0.5) is 5.95 Å². The van der Waals surface area contributed by atoms with Gasteiger partial charge in [0.2, 0.25) is 16.0 Å². The van der Waals surface area contributed by atoms with Gasteiger partial charge in [0.25, 0.3) is 0 Å². The largest absolute Gasteiger partial charge is 0.467 e. The summed E-state index contributed by atoms with van der Waals surface area (Å²) >= 11 is 0. The third-order valence-corrected chi connectivity index (χ3v) is 4.96. The zero-order valence-electron chi connectivity index (χ0n) is 13.2. The molecule has 0 radical (unpaired) electrons. The van der Waals surface area contributed by atoms with E-state index in [9.17, 15) is 8.42 Å². The van der Waals surface area contributed by atoms with E-state index in [0.29, 0.717) is 5.95 Å². The SMILES string of the molecule is COc1nc(CNS(=O)(=O)c2cnoc2)nc(N2CCCCC2)n1. The number of aromatic nitrogens is 4. The molecule has 24 heavy (non-hydrogen) atoms. The lowest BCUT2D eigenvalue weighted by Crippen LogP contribution is -2.32. The van der Waals surface area contributed by atoms with E-state index < -0.39 is 10.0 Å². The summed E-state index contributed by atoms with van der Waals surface area (Å²) in [7, 11) is -2.27. The Labute approximate surface area is 139 Å². The van der Waals surface area contributed by atoms with Gasteiger partial charge in [0.1, 0.15) is 11.2 Å². The van der Waals surface area contributed by atoms with Crippen LogP contribution in [0.3, 0.4) is 0 Å². The molecular formula is C13H18N6O4S. The second kappa shape index (κ2) is 7.09. The van der Waals surface area contributed by atoms with Crippen molar-refractivity contribution < 1.29 is 17.7 Å². The Morgan fingerprint density at radius 1 is 1.25 bits per heavy atom. The van der Waals surface area contributed by atoms with E-state index in [4.69, 9.17) is 4.74 Å². The molecule has 0 amide bonds. The van der Waals surface area contributed by atoms with Crippen molar-refractivity contribution >= 4 is 16.0 Å². The van der Waals surface area contributed by atoms with Crippen LogP contribution in [-0.4, -0.2) is 48.7 Å². The summed E-state index contributed by atoms with van der Waals surface area (Å²) in [6.45, 7) is 1.63. The van der Waals surface area contributed by atoms with Gasteiger partial charge >= 0.3 is 6.01 Å². The average Bonchev–Trinajstić information content (AvgIpc) is 3.16. The van der Waals surface area contributed by atoms with Crippen LogP contribution in [0.1, 0.15) is 25.1 Å². The Hall–Kier alpha value is -2.27. The first-order chi connectivity index (χ1) is 11.6. The minimum absolute atomic E-state index is 0.0558. The molecule has 2 aromatic rings. The highest BCUT2D eigenvalue weighted by atomic mass is 32.2. The van der Waals surface area contributed by atoms with Gasteiger partial charge in [-0.3, -0.25) is 0 Å². The summed E-state index contributed by atoms with van der Waals surface area (Å²) in [6, 6.07) is 0.157. The van der Waals surface area contributed by atoms with Crippen molar-refractivity contribution in [2.75, 3.05) is 25.1 Å². The predicted octanol–water partition coefficient (Wildman–Crippen LogP) is 0.337. The molecule has 130 valence electrons. The highest BCUT2D eigenvalue weighted by molar-refractivity contribution is 7.89. The lowest BCUT2D eigenvalue weighted by molar-refractivity contribution is 0.374. The highest BCUT2D eigenvalue weighted by Gasteiger charge is 2.19. The zero-order chi connectivity index (χ0) is 17.0. The fraction of sp³-hybridized carbons (Fsp3) is 0.538. The molecule has 1 aliphatic rings. The van der Waals surface area contributed by atoms with Crippen molar-refractivity contribution in [1.29, 1.82) is 0 Å². The quantitative estimate of drug-likeness (QED) is 0.781. The summed E-state index contributed by atoms with van der Waals surface area (Å²) in [6.07, 6.45) is 5.50. The van der Waals surface area contributed by atoms with Crippen LogP contribution in [0.2, 0.25) is 0 Å². The monoisotopic (exact) mass is 354 g/mol. The van der Waals surface area contributed by atoms with Gasteiger partial charge < -0.3 is 14.2 Å². The van der Waals surface area contributed by atoms with Crippen molar-refractivity contribution in [3.8, 4) is 6.01 Å². The fourth-order valence-corrected chi connectivity index (χ4v) is 3.20. The van der Waals surface area contributed by atoms with Crippen LogP contribution >= 0.6 is 0 Å².